The number of halogens is 1. The van der Waals surface area contributed by atoms with Crippen LogP contribution in [0.4, 0.5) is 4.39 Å². The fraction of sp³-hybridized carbons (Fsp3) is 0.778. The molecular formula is C27H56FNO. The molecule has 0 aromatic rings. The van der Waals surface area contributed by atoms with Crippen LogP contribution in [0.1, 0.15) is 122 Å². The second-order valence-electron chi connectivity index (χ2n) is 6.56. The largest absolute Gasteiger partial charge is 0.300 e. The van der Waals surface area contributed by atoms with Crippen molar-refractivity contribution >= 4 is 12.0 Å². The van der Waals surface area contributed by atoms with Crippen molar-refractivity contribution in [3.63, 3.8) is 0 Å². The number of Topliss-reactive ketones (excluding diaryl/α,β-unsaturated/α-hetero) is 1. The van der Waals surface area contributed by atoms with Crippen LogP contribution in [0.5, 0.6) is 0 Å². The van der Waals surface area contributed by atoms with Crippen LogP contribution in [0, 0.1) is 24.7 Å². The zero-order chi connectivity index (χ0) is 25.5. The summed E-state index contributed by atoms with van der Waals surface area (Å²) in [6.07, 6.45) is 15.6. The van der Waals surface area contributed by atoms with E-state index in [1.54, 1.807) is 13.8 Å². The lowest BCUT2D eigenvalue weighted by molar-refractivity contribution is -0.119. The van der Waals surface area contributed by atoms with Gasteiger partial charge in [0.1, 0.15) is 11.6 Å². The third-order valence-electron chi connectivity index (χ3n) is 3.70. The van der Waals surface area contributed by atoms with Gasteiger partial charge >= 0.3 is 0 Å². The van der Waals surface area contributed by atoms with Gasteiger partial charge in [-0.3, -0.25) is 9.79 Å². The Morgan fingerprint density at radius 3 is 1.43 bits per heavy atom. The van der Waals surface area contributed by atoms with E-state index in [1.165, 1.54) is 31.9 Å². The molecule has 3 heteroatoms. The monoisotopic (exact) mass is 429 g/mol. The zero-order valence-corrected chi connectivity index (χ0v) is 22.9. The fourth-order valence-corrected chi connectivity index (χ4v) is 1.58. The summed E-state index contributed by atoms with van der Waals surface area (Å²) >= 11 is 0. The molecule has 0 aliphatic heterocycles. The van der Waals surface area contributed by atoms with Crippen LogP contribution in [-0.2, 0) is 4.79 Å². The molecule has 0 radical (unpaired) electrons. The Morgan fingerprint density at radius 1 is 0.900 bits per heavy atom. The Bertz CT molecular complexity index is 376. The molecule has 182 valence electrons. The molecule has 0 amide bonds. The summed E-state index contributed by atoms with van der Waals surface area (Å²) < 4.78 is 12.7. The van der Waals surface area contributed by atoms with E-state index in [4.69, 9.17) is 0 Å². The van der Waals surface area contributed by atoms with E-state index >= 15 is 0 Å². The molecule has 0 saturated heterocycles. The van der Waals surface area contributed by atoms with Crippen LogP contribution in [0.2, 0.25) is 0 Å². The number of rotatable bonds is 8. The summed E-state index contributed by atoms with van der Waals surface area (Å²) in [5.74, 6) is 1.24. The van der Waals surface area contributed by atoms with Gasteiger partial charge in [0.15, 0.2) is 0 Å². The van der Waals surface area contributed by atoms with Gasteiger partial charge in [-0.25, -0.2) is 4.39 Å². The average molecular weight is 430 g/mol. The quantitative estimate of drug-likeness (QED) is 0.279. The SMILES string of the molecule is C#C.CC.CC.CC(=O)C(C)C.CCCC(C)CCC.CCN=C/C(F)=C(\C)CC. The molecule has 0 N–H and O–H groups in total. The van der Waals surface area contributed by atoms with Crippen LogP contribution in [0.15, 0.2) is 16.4 Å². The fourth-order valence-electron chi connectivity index (χ4n) is 1.58. The van der Waals surface area contributed by atoms with Crippen molar-refractivity contribution in [2.75, 3.05) is 6.54 Å². The van der Waals surface area contributed by atoms with E-state index in [2.05, 4.69) is 38.6 Å². The maximum atomic E-state index is 12.7. The van der Waals surface area contributed by atoms with E-state index in [1.807, 2.05) is 55.4 Å². The summed E-state index contributed by atoms with van der Waals surface area (Å²) in [5.41, 5.74) is 0.761. The Kier molecular flexibility index (Phi) is 59.4. The minimum absolute atomic E-state index is 0.190. The summed E-state index contributed by atoms with van der Waals surface area (Å²) in [6.45, 7) is 26.5. The van der Waals surface area contributed by atoms with E-state index in [0.717, 1.165) is 17.9 Å². The smallest absolute Gasteiger partial charge is 0.139 e. The van der Waals surface area contributed by atoms with Crippen LogP contribution in [0.3, 0.4) is 0 Å². The Labute approximate surface area is 191 Å². The third-order valence-corrected chi connectivity index (χ3v) is 3.70. The Morgan fingerprint density at radius 2 is 1.23 bits per heavy atom. The molecule has 0 atom stereocenters. The molecule has 30 heavy (non-hydrogen) atoms. The topological polar surface area (TPSA) is 29.4 Å². The first-order valence-electron chi connectivity index (χ1n) is 11.9. The number of carbonyl (C=O) groups is 1. The third kappa shape index (κ3) is 50.4. The van der Waals surface area contributed by atoms with Crippen molar-refractivity contribution in [1.29, 1.82) is 0 Å². The van der Waals surface area contributed by atoms with Crippen molar-refractivity contribution in [1.82, 2.24) is 0 Å². The van der Waals surface area contributed by atoms with Crippen molar-refractivity contribution in [2.45, 2.75) is 122 Å². The van der Waals surface area contributed by atoms with E-state index in [0.29, 0.717) is 6.54 Å². The lowest BCUT2D eigenvalue weighted by Crippen LogP contribution is -1.98. The Hall–Kier alpha value is -1.43. The molecule has 0 heterocycles. The van der Waals surface area contributed by atoms with Gasteiger partial charge in [0.25, 0.3) is 0 Å². The molecular weight excluding hydrogens is 373 g/mol. The van der Waals surface area contributed by atoms with Crippen LogP contribution >= 0.6 is 0 Å². The molecule has 0 spiro atoms. The molecule has 0 aliphatic carbocycles. The van der Waals surface area contributed by atoms with Crippen molar-refractivity contribution in [3.05, 3.63) is 11.4 Å². The van der Waals surface area contributed by atoms with Gasteiger partial charge < -0.3 is 0 Å². The molecule has 0 aromatic carbocycles. The maximum Gasteiger partial charge on any atom is 0.139 e. The molecule has 0 fully saturated rings. The van der Waals surface area contributed by atoms with Gasteiger partial charge in [0, 0.05) is 12.5 Å². The van der Waals surface area contributed by atoms with E-state index in [-0.39, 0.29) is 17.5 Å². The van der Waals surface area contributed by atoms with Gasteiger partial charge in [0.2, 0.25) is 0 Å². The second-order valence-corrected chi connectivity index (χ2v) is 6.56. The number of nitrogens with zero attached hydrogens (tertiary/aromatic N) is 1. The maximum absolute atomic E-state index is 12.7. The van der Waals surface area contributed by atoms with E-state index in [9.17, 15) is 9.18 Å². The molecule has 0 rings (SSSR count). The first-order valence-corrected chi connectivity index (χ1v) is 11.9. The van der Waals surface area contributed by atoms with Gasteiger partial charge in [-0.05, 0) is 38.7 Å². The summed E-state index contributed by atoms with van der Waals surface area (Å²) in [5, 5.41) is 0. The number of hydrogen-bond acceptors (Lipinski definition) is 2. The highest BCUT2D eigenvalue weighted by atomic mass is 19.1. The highest BCUT2D eigenvalue weighted by Gasteiger charge is 1.96. The zero-order valence-electron chi connectivity index (χ0n) is 22.9. The summed E-state index contributed by atoms with van der Waals surface area (Å²) in [7, 11) is 0. The molecule has 2 nitrogen and oxygen atoms in total. The summed E-state index contributed by atoms with van der Waals surface area (Å²) in [4.78, 5) is 13.9. The molecule has 0 bridgehead atoms. The van der Waals surface area contributed by atoms with Gasteiger partial charge in [-0.1, -0.05) is 94.9 Å². The Balaban J connectivity index is -0.0000000650. The standard InChI is InChI=1S/C8H14FN.C8H18.C5H10O.2C2H6.C2H2/c1-4-7(3)8(9)6-10-5-2;1-4-6-8(3)7-5-2;1-4(2)5(3)6;3*1-2/h6H,4-5H2,1-3H3;8H,4-7H2,1-3H3;4H,1-3H3;2*1-2H3;1-2H/b8-7-,10-6?;;;;;. The van der Waals surface area contributed by atoms with Crippen molar-refractivity contribution < 1.29 is 9.18 Å². The van der Waals surface area contributed by atoms with Gasteiger partial charge in [0.05, 0.1) is 6.21 Å². The number of terminal acetylenes is 1. The number of allylic oxidation sites excluding steroid dienone is 2. The molecule has 0 aromatic heterocycles. The van der Waals surface area contributed by atoms with Crippen molar-refractivity contribution in [2.24, 2.45) is 16.8 Å². The minimum atomic E-state index is -0.190. The first kappa shape index (κ1) is 42.6. The second kappa shape index (κ2) is 41.8. The minimum Gasteiger partial charge on any atom is -0.300 e. The lowest BCUT2D eigenvalue weighted by atomic mass is 10.0. The normalized spacial score (nSPS) is 9.80. The number of carbonyl (C=O) groups excluding carboxylic acids is 1. The van der Waals surface area contributed by atoms with Crippen LogP contribution in [0.25, 0.3) is 0 Å². The van der Waals surface area contributed by atoms with Crippen LogP contribution in [-0.4, -0.2) is 18.5 Å². The highest BCUT2D eigenvalue weighted by molar-refractivity contribution is 5.77. The first-order chi connectivity index (χ1) is 14.2. The number of aliphatic imine (C=N–C) groups is 1. The van der Waals surface area contributed by atoms with Gasteiger partial charge in [-0.15, -0.1) is 12.8 Å². The summed E-state index contributed by atoms with van der Waals surface area (Å²) in [6, 6.07) is 0. The number of ketones is 1. The number of hydrogen-bond donors (Lipinski definition) is 0. The molecule has 0 saturated carbocycles. The molecule has 0 aliphatic rings. The molecule has 0 unspecified atom stereocenters. The lowest BCUT2D eigenvalue weighted by Gasteiger charge is -2.05. The van der Waals surface area contributed by atoms with Crippen LogP contribution < -0.4 is 0 Å². The predicted molar refractivity (Wildman–Crippen MR) is 140 cm³/mol. The predicted octanol–water partition coefficient (Wildman–Crippen LogP) is 9.49. The average Bonchev–Trinajstić information content (AvgIpc) is 2.76. The van der Waals surface area contributed by atoms with Crippen molar-refractivity contribution in [3.8, 4) is 12.8 Å². The van der Waals surface area contributed by atoms with E-state index < -0.39 is 0 Å². The highest BCUT2D eigenvalue weighted by Crippen LogP contribution is 2.10. The van der Waals surface area contributed by atoms with Gasteiger partial charge in [-0.2, -0.15) is 0 Å².